The van der Waals surface area contributed by atoms with E-state index in [1.54, 1.807) is 0 Å². The van der Waals surface area contributed by atoms with Crippen molar-refractivity contribution in [3.05, 3.63) is 34.9 Å². The number of halogens is 1. The third kappa shape index (κ3) is 4.06. The van der Waals surface area contributed by atoms with Crippen LogP contribution in [0.25, 0.3) is 0 Å². The van der Waals surface area contributed by atoms with Crippen molar-refractivity contribution in [3.8, 4) is 0 Å². The minimum Gasteiger partial charge on any atom is -0.381 e. The van der Waals surface area contributed by atoms with Gasteiger partial charge < -0.3 is 14.8 Å². The normalized spacial score (nSPS) is 23.6. The van der Waals surface area contributed by atoms with E-state index in [1.807, 2.05) is 18.2 Å². The maximum Gasteiger partial charge on any atom is 0.222 e. The molecule has 3 rings (SSSR count). The van der Waals surface area contributed by atoms with Crippen molar-refractivity contribution in [3.63, 3.8) is 0 Å². The Morgan fingerprint density at radius 2 is 2.04 bits per heavy atom. The number of benzene rings is 1. The summed E-state index contributed by atoms with van der Waals surface area (Å²) in [6.07, 6.45) is 4.32. The van der Waals surface area contributed by atoms with Gasteiger partial charge in [0.15, 0.2) is 0 Å². The lowest BCUT2D eigenvalue weighted by atomic mass is 9.74. The molecule has 0 spiro atoms. The largest absolute Gasteiger partial charge is 0.381 e. The molecule has 0 aliphatic carbocycles. The molecule has 0 saturated carbocycles. The van der Waals surface area contributed by atoms with Crippen molar-refractivity contribution >= 4 is 17.5 Å². The highest BCUT2D eigenvalue weighted by Crippen LogP contribution is 2.38. The van der Waals surface area contributed by atoms with E-state index in [9.17, 15) is 4.79 Å². The summed E-state index contributed by atoms with van der Waals surface area (Å²) in [6.45, 7) is 2.78. The van der Waals surface area contributed by atoms with E-state index < -0.39 is 0 Å². The molecule has 2 heterocycles. The number of amides is 1. The van der Waals surface area contributed by atoms with Crippen molar-refractivity contribution < 1.29 is 14.3 Å². The Kier molecular flexibility index (Phi) is 5.57. The van der Waals surface area contributed by atoms with Gasteiger partial charge in [-0.15, -0.1) is 0 Å². The third-order valence-corrected chi connectivity index (χ3v) is 5.29. The standard InChI is InChI=1S/C18H24ClNO3/c19-16-6-2-1-5-15(16)18(7-10-22-11-8-18)13-20-17(21)12-14-4-3-9-23-14/h1-2,5-6,14H,3-4,7-13H2,(H,20,21)/t14-/m1/s1. The lowest BCUT2D eigenvalue weighted by Gasteiger charge is -2.38. The highest BCUT2D eigenvalue weighted by atomic mass is 35.5. The van der Waals surface area contributed by atoms with E-state index in [1.165, 1.54) is 0 Å². The second kappa shape index (κ2) is 7.65. The Hall–Kier alpha value is -1.10. The summed E-state index contributed by atoms with van der Waals surface area (Å²) < 4.78 is 11.1. The number of ether oxygens (including phenoxy) is 2. The van der Waals surface area contributed by atoms with Gasteiger partial charge in [0.05, 0.1) is 12.5 Å². The van der Waals surface area contributed by atoms with Gasteiger partial charge in [-0.3, -0.25) is 4.79 Å². The summed E-state index contributed by atoms with van der Waals surface area (Å²) in [6, 6.07) is 7.93. The first kappa shape index (κ1) is 16.7. The second-order valence-corrected chi connectivity index (χ2v) is 6.90. The summed E-state index contributed by atoms with van der Waals surface area (Å²) in [5, 5.41) is 3.88. The highest BCUT2D eigenvalue weighted by molar-refractivity contribution is 6.31. The van der Waals surface area contributed by atoms with Crippen molar-refractivity contribution in [2.75, 3.05) is 26.4 Å². The van der Waals surface area contributed by atoms with Crippen molar-refractivity contribution in [1.82, 2.24) is 5.32 Å². The lowest BCUT2D eigenvalue weighted by Crippen LogP contribution is -2.45. The van der Waals surface area contributed by atoms with Crippen LogP contribution < -0.4 is 5.32 Å². The molecule has 126 valence electrons. The number of hydrogen-bond acceptors (Lipinski definition) is 3. The van der Waals surface area contributed by atoms with Gasteiger partial charge in [0.2, 0.25) is 5.91 Å². The Balaban J connectivity index is 1.67. The monoisotopic (exact) mass is 337 g/mol. The zero-order chi connectivity index (χ0) is 16.1. The molecule has 0 bridgehead atoms. The molecule has 23 heavy (non-hydrogen) atoms. The van der Waals surface area contributed by atoms with Gasteiger partial charge in [-0.25, -0.2) is 0 Å². The molecule has 1 aromatic carbocycles. The van der Waals surface area contributed by atoms with Crippen LogP contribution in [-0.2, 0) is 19.7 Å². The van der Waals surface area contributed by atoms with Gasteiger partial charge in [-0.1, -0.05) is 29.8 Å². The fourth-order valence-electron chi connectivity index (χ4n) is 3.55. The molecular formula is C18H24ClNO3. The zero-order valence-corrected chi connectivity index (χ0v) is 14.1. The van der Waals surface area contributed by atoms with Gasteiger partial charge in [-0.05, 0) is 37.3 Å². The van der Waals surface area contributed by atoms with Gasteiger partial charge >= 0.3 is 0 Å². The Bertz CT molecular complexity index is 537. The number of nitrogens with one attached hydrogen (secondary N) is 1. The first-order valence-electron chi connectivity index (χ1n) is 8.41. The Labute approximate surface area is 142 Å². The molecule has 2 fully saturated rings. The van der Waals surface area contributed by atoms with Crippen LogP contribution in [0.1, 0.15) is 37.7 Å². The van der Waals surface area contributed by atoms with E-state index in [0.29, 0.717) is 26.2 Å². The molecular weight excluding hydrogens is 314 g/mol. The van der Waals surface area contributed by atoms with Crippen molar-refractivity contribution in [1.29, 1.82) is 0 Å². The summed E-state index contributed by atoms with van der Waals surface area (Å²) >= 11 is 6.43. The molecule has 0 radical (unpaired) electrons. The average molecular weight is 338 g/mol. The summed E-state index contributed by atoms with van der Waals surface area (Å²) in [5.41, 5.74) is 0.977. The predicted molar refractivity (Wildman–Crippen MR) is 89.8 cm³/mol. The Morgan fingerprint density at radius 3 is 2.74 bits per heavy atom. The maximum atomic E-state index is 12.2. The summed E-state index contributed by atoms with van der Waals surface area (Å²) in [4.78, 5) is 12.2. The van der Waals surface area contributed by atoms with Crippen LogP contribution >= 0.6 is 11.6 Å². The van der Waals surface area contributed by atoms with Crippen LogP contribution in [0.4, 0.5) is 0 Å². The van der Waals surface area contributed by atoms with Crippen molar-refractivity contribution in [2.24, 2.45) is 0 Å². The first-order chi connectivity index (χ1) is 11.2. The molecule has 1 N–H and O–H groups in total. The van der Waals surface area contributed by atoms with Gasteiger partial charge in [-0.2, -0.15) is 0 Å². The molecule has 1 amide bonds. The van der Waals surface area contributed by atoms with Crippen LogP contribution in [-0.4, -0.2) is 38.4 Å². The molecule has 2 aliphatic rings. The molecule has 2 saturated heterocycles. The molecule has 5 heteroatoms. The topological polar surface area (TPSA) is 47.6 Å². The summed E-state index contributed by atoms with van der Waals surface area (Å²) in [7, 11) is 0. The number of rotatable bonds is 5. The molecule has 4 nitrogen and oxygen atoms in total. The Morgan fingerprint density at radius 1 is 1.26 bits per heavy atom. The van der Waals surface area contributed by atoms with Crippen LogP contribution in [0.2, 0.25) is 5.02 Å². The minimum absolute atomic E-state index is 0.0646. The fourth-order valence-corrected chi connectivity index (χ4v) is 3.88. The fraction of sp³-hybridized carbons (Fsp3) is 0.611. The van der Waals surface area contributed by atoms with Crippen LogP contribution in [0.15, 0.2) is 24.3 Å². The van der Waals surface area contributed by atoms with Crippen LogP contribution in [0.3, 0.4) is 0 Å². The minimum atomic E-state index is -0.136. The van der Waals surface area contributed by atoms with Crippen LogP contribution in [0, 0.1) is 0 Å². The molecule has 1 atom stereocenters. The van der Waals surface area contributed by atoms with Gasteiger partial charge in [0.25, 0.3) is 0 Å². The SMILES string of the molecule is O=C(C[C@H]1CCCO1)NCC1(c2ccccc2Cl)CCOCC1. The molecule has 1 aromatic rings. The second-order valence-electron chi connectivity index (χ2n) is 6.49. The van der Waals surface area contributed by atoms with E-state index in [2.05, 4.69) is 11.4 Å². The van der Waals surface area contributed by atoms with Crippen molar-refractivity contribution in [2.45, 2.75) is 43.6 Å². The third-order valence-electron chi connectivity index (χ3n) is 4.96. The van der Waals surface area contributed by atoms with E-state index in [0.717, 1.165) is 42.9 Å². The first-order valence-corrected chi connectivity index (χ1v) is 8.78. The molecule has 0 aromatic heterocycles. The van der Waals surface area contributed by atoms with Gasteiger partial charge in [0.1, 0.15) is 0 Å². The zero-order valence-electron chi connectivity index (χ0n) is 13.4. The highest BCUT2D eigenvalue weighted by Gasteiger charge is 2.36. The van der Waals surface area contributed by atoms with Gasteiger partial charge in [0, 0.05) is 36.8 Å². The van der Waals surface area contributed by atoms with E-state index in [4.69, 9.17) is 21.1 Å². The number of carbonyl (C=O) groups is 1. The molecule has 0 unspecified atom stereocenters. The number of hydrogen-bond donors (Lipinski definition) is 1. The lowest BCUT2D eigenvalue weighted by molar-refractivity contribution is -0.123. The number of carbonyl (C=O) groups excluding carboxylic acids is 1. The smallest absolute Gasteiger partial charge is 0.222 e. The van der Waals surface area contributed by atoms with E-state index >= 15 is 0 Å². The average Bonchev–Trinajstić information content (AvgIpc) is 3.07. The van der Waals surface area contributed by atoms with Crippen LogP contribution in [0.5, 0.6) is 0 Å². The van der Waals surface area contributed by atoms with E-state index in [-0.39, 0.29) is 17.4 Å². The quantitative estimate of drug-likeness (QED) is 0.898. The molecule has 2 aliphatic heterocycles. The maximum absolute atomic E-state index is 12.2. The predicted octanol–water partition coefficient (Wildman–Crippen LogP) is 3.07. The summed E-state index contributed by atoms with van der Waals surface area (Å²) in [5.74, 6) is 0.0646.